The lowest BCUT2D eigenvalue weighted by Gasteiger charge is -2.17. The van der Waals surface area contributed by atoms with Crippen LogP contribution in [0.5, 0.6) is 11.6 Å². The zero-order valence-corrected chi connectivity index (χ0v) is 17.3. The zero-order chi connectivity index (χ0) is 22.0. The van der Waals surface area contributed by atoms with E-state index >= 15 is 0 Å². The maximum absolute atomic E-state index is 11.5. The van der Waals surface area contributed by atoms with Gasteiger partial charge in [-0.05, 0) is 19.1 Å². The predicted molar refractivity (Wildman–Crippen MR) is 107 cm³/mol. The first-order valence-electron chi connectivity index (χ1n) is 9.79. The molecule has 31 heavy (non-hydrogen) atoms. The molecule has 2 aromatic heterocycles. The van der Waals surface area contributed by atoms with Crippen molar-refractivity contribution in [1.29, 1.82) is 0 Å². The quantitative estimate of drug-likeness (QED) is 0.549. The van der Waals surface area contributed by atoms with Gasteiger partial charge >= 0.3 is 11.9 Å². The first kappa shape index (κ1) is 20.7. The minimum absolute atomic E-state index is 0.0207. The number of aryl methyl sites for hydroxylation is 1. The number of fused-ring (bicyclic) bond motifs is 1. The third-order valence-electron chi connectivity index (χ3n) is 4.82. The fourth-order valence-corrected chi connectivity index (χ4v) is 3.39. The van der Waals surface area contributed by atoms with Gasteiger partial charge in [-0.3, -0.25) is 14.2 Å². The fraction of sp³-hybridized carbons (Fsp3) is 0.381. The molecule has 1 saturated heterocycles. The molecular formula is C21H22N4O6. The molecule has 10 nitrogen and oxygen atoms in total. The molecule has 0 saturated carbocycles. The number of benzene rings is 1. The molecule has 3 atom stereocenters. The average molecular weight is 426 g/mol. The van der Waals surface area contributed by atoms with E-state index in [1.165, 1.54) is 20.2 Å². The average Bonchev–Trinajstić information content (AvgIpc) is 3.32. The highest BCUT2D eigenvalue weighted by Gasteiger charge is 2.40. The summed E-state index contributed by atoms with van der Waals surface area (Å²) in [6, 6.07) is 7.58. The minimum Gasteiger partial charge on any atom is -0.463 e. The number of carbonyl (C=O) groups excluding carboxylic acids is 2. The van der Waals surface area contributed by atoms with Crippen LogP contribution in [0.15, 0.2) is 36.9 Å². The summed E-state index contributed by atoms with van der Waals surface area (Å²) in [5.74, 6) is 0.0771. The molecule has 0 amide bonds. The van der Waals surface area contributed by atoms with E-state index in [0.717, 1.165) is 5.56 Å². The first-order chi connectivity index (χ1) is 14.9. The number of hydrogen-bond donors (Lipinski definition) is 0. The molecule has 3 heterocycles. The molecule has 1 aromatic carbocycles. The van der Waals surface area contributed by atoms with E-state index in [0.29, 0.717) is 29.2 Å². The SMILES string of the molecule is CC(=O)OC[C@H]1O[C@@H](n2cnc3c(Oc4ccc(C)cc4)ncnc32)C[C@@H]1OC(C)=O. The Balaban J connectivity index is 1.58. The lowest BCUT2D eigenvalue weighted by molar-refractivity contribution is -0.155. The van der Waals surface area contributed by atoms with Crippen molar-refractivity contribution in [3.63, 3.8) is 0 Å². The van der Waals surface area contributed by atoms with Crippen LogP contribution < -0.4 is 4.74 Å². The lowest BCUT2D eigenvalue weighted by Crippen LogP contribution is -2.31. The summed E-state index contributed by atoms with van der Waals surface area (Å²) in [7, 11) is 0. The minimum atomic E-state index is -0.597. The van der Waals surface area contributed by atoms with Crippen molar-refractivity contribution in [2.45, 2.75) is 45.6 Å². The first-order valence-corrected chi connectivity index (χ1v) is 9.79. The van der Waals surface area contributed by atoms with Crippen LogP contribution in [0.3, 0.4) is 0 Å². The Morgan fingerprint density at radius 2 is 1.90 bits per heavy atom. The summed E-state index contributed by atoms with van der Waals surface area (Å²) >= 11 is 0. The van der Waals surface area contributed by atoms with Gasteiger partial charge in [0.2, 0.25) is 0 Å². The van der Waals surface area contributed by atoms with Gasteiger partial charge in [-0.2, -0.15) is 4.98 Å². The van der Waals surface area contributed by atoms with E-state index < -0.39 is 30.4 Å². The molecule has 1 fully saturated rings. The second-order valence-corrected chi connectivity index (χ2v) is 7.23. The summed E-state index contributed by atoms with van der Waals surface area (Å²) in [6.07, 6.45) is 1.64. The molecule has 1 aliphatic heterocycles. The van der Waals surface area contributed by atoms with Crippen molar-refractivity contribution < 1.29 is 28.5 Å². The smallest absolute Gasteiger partial charge is 0.303 e. The standard InChI is InChI=1S/C21H22N4O6/c1-12-4-6-15(7-5-12)30-21-19-20(22-10-23-21)25(11-24-19)18-8-16(29-14(3)27)17(31-18)9-28-13(2)26/h4-7,10-11,16-18H,8-9H2,1-3H3/t16-,17+,18+/m0/s1. The summed E-state index contributed by atoms with van der Waals surface area (Å²) < 4.78 is 24.1. The Bertz CT molecular complexity index is 1100. The highest BCUT2D eigenvalue weighted by molar-refractivity contribution is 5.76. The van der Waals surface area contributed by atoms with Gasteiger partial charge in [0.05, 0.1) is 6.33 Å². The molecule has 162 valence electrons. The van der Waals surface area contributed by atoms with Crippen LogP contribution in [-0.2, 0) is 23.8 Å². The van der Waals surface area contributed by atoms with Crippen LogP contribution in [0.4, 0.5) is 0 Å². The Hall–Kier alpha value is -3.53. The Kier molecular flexibility index (Phi) is 5.81. The van der Waals surface area contributed by atoms with Crippen molar-refractivity contribution in [3.05, 3.63) is 42.5 Å². The summed E-state index contributed by atoms with van der Waals surface area (Å²) in [5, 5.41) is 0. The van der Waals surface area contributed by atoms with Crippen molar-refractivity contribution in [1.82, 2.24) is 19.5 Å². The van der Waals surface area contributed by atoms with Crippen molar-refractivity contribution in [2.75, 3.05) is 6.61 Å². The van der Waals surface area contributed by atoms with Gasteiger partial charge in [0, 0.05) is 20.3 Å². The highest BCUT2D eigenvalue weighted by Crippen LogP contribution is 2.34. The van der Waals surface area contributed by atoms with Gasteiger partial charge in [-0.25, -0.2) is 9.97 Å². The number of rotatable bonds is 6. The Morgan fingerprint density at radius 3 is 2.61 bits per heavy atom. The number of carbonyl (C=O) groups is 2. The van der Waals surface area contributed by atoms with Crippen molar-refractivity contribution in [2.24, 2.45) is 0 Å². The van der Waals surface area contributed by atoms with Crippen molar-refractivity contribution in [3.8, 4) is 11.6 Å². The predicted octanol–water partition coefficient (Wildman–Crippen LogP) is 2.71. The third kappa shape index (κ3) is 4.64. The molecule has 4 rings (SSSR count). The molecule has 0 radical (unpaired) electrons. The van der Waals surface area contributed by atoms with Crippen LogP contribution in [0.25, 0.3) is 11.2 Å². The van der Waals surface area contributed by atoms with Gasteiger partial charge in [-0.15, -0.1) is 0 Å². The van der Waals surface area contributed by atoms with Crippen molar-refractivity contribution >= 4 is 23.1 Å². The summed E-state index contributed by atoms with van der Waals surface area (Å²) in [6.45, 7) is 4.61. The second kappa shape index (κ2) is 8.68. The van der Waals surface area contributed by atoms with Gasteiger partial charge in [-0.1, -0.05) is 17.7 Å². The highest BCUT2D eigenvalue weighted by atomic mass is 16.6. The van der Waals surface area contributed by atoms with E-state index in [1.807, 2.05) is 31.2 Å². The zero-order valence-electron chi connectivity index (χ0n) is 17.3. The van der Waals surface area contributed by atoms with Crippen LogP contribution in [0, 0.1) is 6.92 Å². The van der Waals surface area contributed by atoms with E-state index in [-0.39, 0.29) is 6.61 Å². The fourth-order valence-electron chi connectivity index (χ4n) is 3.39. The van der Waals surface area contributed by atoms with Gasteiger partial charge in [0.1, 0.15) is 37.1 Å². The molecule has 3 aromatic rings. The van der Waals surface area contributed by atoms with E-state index in [4.69, 9.17) is 18.9 Å². The second-order valence-electron chi connectivity index (χ2n) is 7.23. The Morgan fingerprint density at radius 1 is 1.13 bits per heavy atom. The van der Waals surface area contributed by atoms with Gasteiger partial charge in [0.15, 0.2) is 11.2 Å². The number of imidazole rings is 1. The number of aromatic nitrogens is 4. The van der Waals surface area contributed by atoms with Crippen LogP contribution in [0.1, 0.15) is 32.1 Å². The molecule has 0 bridgehead atoms. The molecule has 1 aliphatic rings. The van der Waals surface area contributed by atoms with E-state index in [9.17, 15) is 9.59 Å². The number of hydrogen-bond acceptors (Lipinski definition) is 9. The largest absolute Gasteiger partial charge is 0.463 e. The normalized spacial score (nSPS) is 20.5. The van der Waals surface area contributed by atoms with Crippen LogP contribution in [0.2, 0.25) is 0 Å². The molecule has 0 spiro atoms. The van der Waals surface area contributed by atoms with Gasteiger partial charge in [0.25, 0.3) is 5.88 Å². The maximum atomic E-state index is 11.5. The third-order valence-corrected chi connectivity index (χ3v) is 4.82. The number of nitrogens with zero attached hydrogens (tertiary/aromatic N) is 4. The molecule has 0 unspecified atom stereocenters. The lowest BCUT2D eigenvalue weighted by atomic mass is 10.2. The monoisotopic (exact) mass is 426 g/mol. The summed E-state index contributed by atoms with van der Waals surface area (Å²) in [5.41, 5.74) is 2.10. The maximum Gasteiger partial charge on any atom is 0.303 e. The Labute approximate surface area is 178 Å². The van der Waals surface area contributed by atoms with E-state index in [2.05, 4.69) is 15.0 Å². The number of ether oxygens (including phenoxy) is 4. The molecular weight excluding hydrogens is 404 g/mol. The molecule has 10 heteroatoms. The van der Waals surface area contributed by atoms with Crippen LogP contribution >= 0.6 is 0 Å². The van der Waals surface area contributed by atoms with Gasteiger partial charge < -0.3 is 18.9 Å². The molecule has 0 N–H and O–H groups in total. The topological polar surface area (TPSA) is 115 Å². The summed E-state index contributed by atoms with van der Waals surface area (Å²) in [4.78, 5) is 35.6. The van der Waals surface area contributed by atoms with Crippen LogP contribution in [-0.4, -0.2) is 50.3 Å². The number of esters is 2. The van der Waals surface area contributed by atoms with E-state index in [1.54, 1.807) is 10.9 Å². The molecule has 0 aliphatic carbocycles.